The van der Waals surface area contributed by atoms with Crippen LogP contribution in [0.4, 0.5) is 4.39 Å². The van der Waals surface area contributed by atoms with Crippen LogP contribution >= 0.6 is 11.6 Å². The van der Waals surface area contributed by atoms with Crippen molar-refractivity contribution in [3.63, 3.8) is 0 Å². The van der Waals surface area contributed by atoms with Crippen molar-refractivity contribution in [1.82, 2.24) is 10.2 Å². The minimum absolute atomic E-state index is 0.265. The van der Waals surface area contributed by atoms with Crippen LogP contribution in [0, 0.1) is 11.7 Å². The number of rotatable bonds is 3. The van der Waals surface area contributed by atoms with Gasteiger partial charge in [0.05, 0.1) is 5.02 Å². The van der Waals surface area contributed by atoms with Crippen LogP contribution < -0.4 is 5.32 Å². The summed E-state index contributed by atoms with van der Waals surface area (Å²) in [6.45, 7) is 8.26. The van der Waals surface area contributed by atoms with E-state index in [0.717, 1.165) is 38.2 Å². The third kappa shape index (κ3) is 3.91. The topological polar surface area (TPSA) is 15.3 Å². The number of nitrogens with zero attached hydrogens (tertiary/aromatic N) is 1. The Morgan fingerprint density at radius 2 is 2.26 bits per heavy atom. The van der Waals surface area contributed by atoms with E-state index in [2.05, 4.69) is 24.1 Å². The maximum atomic E-state index is 13.5. The van der Waals surface area contributed by atoms with Crippen LogP contribution in [0.15, 0.2) is 18.2 Å². The zero-order valence-electron chi connectivity index (χ0n) is 11.6. The second kappa shape index (κ2) is 6.69. The van der Waals surface area contributed by atoms with Gasteiger partial charge in [-0.05, 0) is 37.1 Å². The van der Waals surface area contributed by atoms with Crippen molar-refractivity contribution < 1.29 is 4.39 Å². The molecule has 0 amide bonds. The third-order valence-corrected chi connectivity index (χ3v) is 4.17. The average Bonchev–Trinajstić information content (AvgIpc) is 2.61. The lowest BCUT2D eigenvalue weighted by Crippen LogP contribution is -2.41. The van der Waals surface area contributed by atoms with Gasteiger partial charge in [-0.2, -0.15) is 0 Å². The van der Waals surface area contributed by atoms with Crippen LogP contribution in [-0.4, -0.2) is 30.6 Å². The van der Waals surface area contributed by atoms with Crippen molar-refractivity contribution in [2.75, 3.05) is 19.6 Å². The van der Waals surface area contributed by atoms with E-state index < -0.39 is 0 Å². The molecule has 0 saturated carbocycles. The summed E-state index contributed by atoms with van der Waals surface area (Å²) >= 11 is 6.03. The molecule has 0 bridgehead atoms. The quantitative estimate of drug-likeness (QED) is 0.916. The van der Waals surface area contributed by atoms with Gasteiger partial charge in [-0.3, -0.25) is 4.90 Å². The molecule has 106 valence electrons. The minimum atomic E-state index is -0.326. The fourth-order valence-corrected chi connectivity index (χ4v) is 2.71. The molecule has 2 nitrogen and oxygen atoms in total. The molecule has 1 aromatic carbocycles. The zero-order chi connectivity index (χ0) is 13.8. The van der Waals surface area contributed by atoms with E-state index in [0.29, 0.717) is 12.0 Å². The Morgan fingerprint density at radius 1 is 1.47 bits per heavy atom. The van der Waals surface area contributed by atoms with Gasteiger partial charge in [0.1, 0.15) is 5.82 Å². The predicted octanol–water partition coefficient (Wildman–Crippen LogP) is 3.30. The standard InChI is InChI=1S/C15H22ClFN2/c1-11(2)14-10-19(8-4-7-18-14)9-12-5-3-6-13(17)15(12)16/h3,5-6,11,14,18H,4,7-10H2,1-2H3. The van der Waals surface area contributed by atoms with Gasteiger partial charge in [0.25, 0.3) is 0 Å². The van der Waals surface area contributed by atoms with Crippen LogP contribution in [0.5, 0.6) is 0 Å². The van der Waals surface area contributed by atoms with E-state index in [4.69, 9.17) is 11.6 Å². The summed E-state index contributed by atoms with van der Waals surface area (Å²) < 4.78 is 13.5. The highest BCUT2D eigenvalue weighted by atomic mass is 35.5. The molecule has 19 heavy (non-hydrogen) atoms. The number of nitrogens with one attached hydrogen (secondary N) is 1. The Morgan fingerprint density at radius 3 is 3.00 bits per heavy atom. The van der Waals surface area contributed by atoms with Gasteiger partial charge < -0.3 is 5.32 Å². The van der Waals surface area contributed by atoms with Crippen molar-refractivity contribution in [2.45, 2.75) is 32.9 Å². The molecule has 1 aliphatic heterocycles. The highest BCUT2D eigenvalue weighted by Crippen LogP contribution is 2.22. The first-order valence-electron chi connectivity index (χ1n) is 6.96. The Bertz CT molecular complexity index is 423. The molecular formula is C15H22ClFN2. The van der Waals surface area contributed by atoms with Crippen LogP contribution in [0.1, 0.15) is 25.8 Å². The number of halogens is 2. The average molecular weight is 285 g/mol. The van der Waals surface area contributed by atoms with Gasteiger partial charge in [-0.15, -0.1) is 0 Å². The molecule has 4 heteroatoms. The zero-order valence-corrected chi connectivity index (χ0v) is 12.4. The monoisotopic (exact) mass is 284 g/mol. The van der Waals surface area contributed by atoms with E-state index in [1.807, 2.05) is 6.07 Å². The first-order valence-corrected chi connectivity index (χ1v) is 7.34. The molecule has 2 rings (SSSR count). The Kier molecular flexibility index (Phi) is 5.20. The molecule has 1 aliphatic rings. The summed E-state index contributed by atoms with van der Waals surface area (Å²) in [6, 6.07) is 5.54. The molecule has 0 aromatic heterocycles. The first kappa shape index (κ1) is 14.8. The largest absolute Gasteiger partial charge is 0.312 e. The molecule has 1 heterocycles. The van der Waals surface area contributed by atoms with Crippen molar-refractivity contribution in [2.24, 2.45) is 5.92 Å². The van der Waals surface area contributed by atoms with Crippen LogP contribution in [0.3, 0.4) is 0 Å². The van der Waals surface area contributed by atoms with Gasteiger partial charge in [0.2, 0.25) is 0 Å². The summed E-state index contributed by atoms with van der Waals surface area (Å²) in [7, 11) is 0. The Hall–Kier alpha value is -0.640. The summed E-state index contributed by atoms with van der Waals surface area (Å²) in [5.41, 5.74) is 0.881. The van der Waals surface area contributed by atoms with E-state index in [-0.39, 0.29) is 10.8 Å². The number of hydrogen-bond donors (Lipinski definition) is 1. The Labute approximate surface area is 119 Å². The highest BCUT2D eigenvalue weighted by Gasteiger charge is 2.21. The number of benzene rings is 1. The van der Waals surface area contributed by atoms with Crippen molar-refractivity contribution in [1.29, 1.82) is 0 Å². The lowest BCUT2D eigenvalue weighted by Gasteiger charge is -2.27. The number of hydrogen-bond acceptors (Lipinski definition) is 2. The van der Waals surface area contributed by atoms with Crippen molar-refractivity contribution in [3.8, 4) is 0 Å². The molecule has 0 aliphatic carbocycles. The minimum Gasteiger partial charge on any atom is -0.312 e. The second-order valence-electron chi connectivity index (χ2n) is 5.61. The van der Waals surface area contributed by atoms with Crippen LogP contribution in [-0.2, 0) is 6.54 Å². The maximum Gasteiger partial charge on any atom is 0.142 e. The van der Waals surface area contributed by atoms with E-state index in [9.17, 15) is 4.39 Å². The van der Waals surface area contributed by atoms with Crippen molar-refractivity contribution >= 4 is 11.6 Å². The predicted molar refractivity (Wildman–Crippen MR) is 77.9 cm³/mol. The molecule has 1 N–H and O–H groups in total. The summed E-state index contributed by atoms with van der Waals surface area (Å²) in [5.74, 6) is 0.274. The van der Waals surface area contributed by atoms with Crippen molar-refractivity contribution in [3.05, 3.63) is 34.6 Å². The van der Waals surface area contributed by atoms with Crippen LogP contribution in [0.2, 0.25) is 5.02 Å². The fourth-order valence-electron chi connectivity index (χ4n) is 2.53. The van der Waals surface area contributed by atoms with Gasteiger partial charge in [0, 0.05) is 19.1 Å². The molecule has 1 atom stereocenters. The lowest BCUT2D eigenvalue weighted by molar-refractivity contribution is 0.238. The summed E-state index contributed by atoms with van der Waals surface area (Å²) in [6.07, 6.45) is 1.12. The molecule has 1 saturated heterocycles. The maximum absolute atomic E-state index is 13.5. The highest BCUT2D eigenvalue weighted by molar-refractivity contribution is 6.31. The molecule has 1 unspecified atom stereocenters. The second-order valence-corrected chi connectivity index (χ2v) is 5.98. The van der Waals surface area contributed by atoms with E-state index in [1.165, 1.54) is 6.07 Å². The van der Waals surface area contributed by atoms with E-state index >= 15 is 0 Å². The smallest absolute Gasteiger partial charge is 0.142 e. The molecule has 0 spiro atoms. The Balaban J connectivity index is 2.06. The van der Waals surface area contributed by atoms with Gasteiger partial charge in [-0.25, -0.2) is 4.39 Å². The molecule has 0 radical (unpaired) electrons. The van der Waals surface area contributed by atoms with Gasteiger partial charge in [-0.1, -0.05) is 37.6 Å². The van der Waals surface area contributed by atoms with E-state index in [1.54, 1.807) is 6.07 Å². The molecule has 1 aromatic rings. The SMILES string of the molecule is CC(C)C1CN(Cc2cccc(F)c2Cl)CCCN1. The summed E-state index contributed by atoms with van der Waals surface area (Å²) in [5, 5.41) is 3.84. The molecular weight excluding hydrogens is 263 g/mol. The van der Waals surface area contributed by atoms with Gasteiger partial charge in [0.15, 0.2) is 0 Å². The third-order valence-electron chi connectivity index (χ3n) is 3.74. The van der Waals surface area contributed by atoms with Gasteiger partial charge >= 0.3 is 0 Å². The normalized spacial score (nSPS) is 21.6. The van der Waals surface area contributed by atoms with Crippen LogP contribution in [0.25, 0.3) is 0 Å². The molecule has 1 fully saturated rings. The lowest BCUT2D eigenvalue weighted by atomic mass is 10.0. The summed E-state index contributed by atoms with van der Waals surface area (Å²) in [4.78, 5) is 2.37. The first-order chi connectivity index (χ1) is 9.08. The fraction of sp³-hybridized carbons (Fsp3) is 0.600.